The number of nitrogens with zero attached hydrogens (tertiary/aromatic N) is 6. The second kappa shape index (κ2) is 11.1. The van der Waals surface area contributed by atoms with Gasteiger partial charge in [0.05, 0.1) is 40.5 Å². The molecule has 0 radical (unpaired) electrons. The maximum atomic E-state index is 13.4. The zero-order chi connectivity index (χ0) is 28.5. The van der Waals surface area contributed by atoms with Crippen LogP contribution in [0.4, 0.5) is 19.1 Å². The van der Waals surface area contributed by atoms with E-state index < -0.39 is 24.2 Å². The number of anilines is 1. The number of carboxylic acid groups (broad SMARTS) is 1. The van der Waals surface area contributed by atoms with Crippen LogP contribution in [0.5, 0.6) is 5.88 Å². The Hall–Kier alpha value is -3.85. The highest BCUT2D eigenvalue weighted by atomic mass is 79.9. The van der Waals surface area contributed by atoms with Gasteiger partial charge in [-0.1, -0.05) is 15.9 Å². The predicted octanol–water partition coefficient (Wildman–Crippen LogP) is 3.12. The second-order valence-corrected chi connectivity index (χ2v) is 9.76. The molecule has 0 saturated heterocycles. The SMILES string of the molecule is Cn1ncc(-c2cc(C(=O)O)cn(C)c2=O)c1OCCN(CCn1c(N)nc2ccc(Br)cc21)CC(F)(F)F. The molecule has 3 aromatic heterocycles. The normalized spacial score (nSPS) is 12.0. The lowest BCUT2D eigenvalue weighted by atomic mass is 10.1. The lowest BCUT2D eigenvalue weighted by Gasteiger charge is -2.24. The van der Waals surface area contributed by atoms with Crippen LogP contribution in [0.1, 0.15) is 10.4 Å². The number of carboxylic acids is 1. The van der Waals surface area contributed by atoms with Crippen LogP contribution >= 0.6 is 15.9 Å². The van der Waals surface area contributed by atoms with Gasteiger partial charge in [-0.25, -0.2) is 14.5 Å². The number of nitrogen functional groups attached to an aromatic ring is 1. The number of alkyl halides is 3. The zero-order valence-corrected chi connectivity index (χ0v) is 22.5. The van der Waals surface area contributed by atoms with E-state index in [1.165, 1.54) is 35.1 Å². The number of rotatable bonds is 10. The van der Waals surface area contributed by atoms with E-state index in [2.05, 4.69) is 26.0 Å². The number of hydrogen-bond acceptors (Lipinski definition) is 7. The van der Waals surface area contributed by atoms with Crippen molar-refractivity contribution in [2.45, 2.75) is 12.7 Å². The molecule has 0 fully saturated rings. The second-order valence-electron chi connectivity index (χ2n) is 8.85. The van der Waals surface area contributed by atoms with E-state index in [1.54, 1.807) is 29.8 Å². The van der Waals surface area contributed by atoms with Crippen LogP contribution in [0.25, 0.3) is 22.2 Å². The van der Waals surface area contributed by atoms with Gasteiger partial charge >= 0.3 is 12.1 Å². The fraction of sp³-hybridized carbons (Fsp3) is 0.333. The van der Waals surface area contributed by atoms with Crippen molar-refractivity contribution in [3.05, 3.63) is 57.0 Å². The molecule has 4 rings (SSSR count). The van der Waals surface area contributed by atoms with Crippen molar-refractivity contribution in [3.63, 3.8) is 0 Å². The van der Waals surface area contributed by atoms with Crippen LogP contribution < -0.4 is 16.0 Å². The van der Waals surface area contributed by atoms with Gasteiger partial charge in [0.15, 0.2) is 0 Å². The van der Waals surface area contributed by atoms with E-state index in [9.17, 15) is 27.9 Å². The summed E-state index contributed by atoms with van der Waals surface area (Å²) < 4.78 is 50.8. The number of benzene rings is 1. The van der Waals surface area contributed by atoms with Crippen LogP contribution in [0.2, 0.25) is 0 Å². The minimum Gasteiger partial charge on any atom is -0.478 e. The Morgan fingerprint density at radius 1 is 1.21 bits per heavy atom. The van der Waals surface area contributed by atoms with Crippen molar-refractivity contribution in [1.29, 1.82) is 0 Å². The highest BCUT2D eigenvalue weighted by molar-refractivity contribution is 9.10. The number of pyridine rings is 1. The van der Waals surface area contributed by atoms with Gasteiger partial charge in [-0.05, 0) is 24.3 Å². The first kappa shape index (κ1) is 28.2. The lowest BCUT2D eigenvalue weighted by Crippen LogP contribution is -2.39. The van der Waals surface area contributed by atoms with Crippen LogP contribution in [0.3, 0.4) is 0 Å². The molecule has 0 atom stereocenters. The molecule has 0 amide bonds. The molecule has 0 saturated carbocycles. The Morgan fingerprint density at radius 3 is 2.64 bits per heavy atom. The molecular formula is C24H25BrF3N7O4. The van der Waals surface area contributed by atoms with E-state index in [4.69, 9.17) is 10.5 Å². The molecule has 39 heavy (non-hydrogen) atoms. The maximum Gasteiger partial charge on any atom is 0.401 e. The van der Waals surface area contributed by atoms with E-state index in [-0.39, 0.29) is 54.8 Å². The summed E-state index contributed by atoms with van der Waals surface area (Å²) in [5.74, 6) is -0.910. The third-order valence-corrected chi connectivity index (χ3v) is 6.53. The number of aromatic carboxylic acids is 1. The first-order chi connectivity index (χ1) is 18.3. The molecule has 4 aromatic rings. The minimum atomic E-state index is -4.45. The van der Waals surface area contributed by atoms with E-state index >= 15 is 0 Å². The summed E-state index contributed by atoms with van der Waals surface area (Å²) in [7, 11) is 2.96. The largest absolute Gasteiger partial charge is 0.478 e. The molecule has 0 aliphatic rings. The molecule has 11 nitrogen and oxygen atoms in total. The summed E-state index contributed by atoms with van der Waals surface area (Å²) in [6.07, 6.45) is -1.92. The number of ether oxygens (including phenoxy) is 1. The summed E-state index contributed by atoms with van der Waals surface area (Å²) in [6.45, 7) is -1.28. The van der Waals surface area contributed by atoms with E-state index in [0.717, 1.165) is 9.04 Å². The zero-order valence-electron chi connectivity index (χ0n) is 20.9. The Kier molecular flexibility index (Phi) is 8.02. The summed E-state index contributed by atoms with van der Waals surface area (Å²) in [5, 5.41) is 13.5. The fourth-order valence-corrected chi connectivity index (χ4v) is 4.54. The van der Waals surface area contributed by atoms with Crippen molar-refractivity contribution in [2.75, 3.05) is 32.0 Å². The van der Waals surface area contributed by atoms with Gasteiger partial charge in [-0.2, -0.15) is 18.3 Å². The number of halogens is 4. The number of aryl methyl sites for hydroxylation is 2. The van der Waals surface area contributed by atoms with Crippen LogP contribution in [-0.4, -0.2) is 72.3 Å². The molecule has 0 aliphatic heterocycles. The van der Waals surface area contributed by atoms with Gasteiger partial charge in [-0.15, -0.1) is 0 Å². The number of imidazole rings is 1. The first-order valence-electron chi connectivity index (χ1n) is 11.6. The molecule has 0 aliphatic carbocycles. The average Bonchev–Trinajstić information content (AvgIpc) is 3.36. The van der Waals surface area contributed by atoms with Crippen molar-refractivity contribution in [3.8, 4) is 17.0 Å². The molecule has 0 unspecified atom stereocenters. The Bertz CT molecular complexity index is 1580. The third kappa shape index (κ3) is 6.42. The van der Waals surface area contributed by atoms with Crippen molar-refractivity contribution < 1.29 is 27.8 Å². The van der Waals surface area contributed by atoms with Gasteiger partial charge in [0, 0.05) is 44.4 Å². The van der Waals surface area contributed by atoms with Crippen LogP contribution in [-0.2, 0) is 20.6 Å². The Balaban J connectivity index is 1.52. The summed E-state index contributed by atoms with van der Waals surface area (Å²) in [4.78, 5) is 29.6. The Morgan fingerprint density at radius 2 is 1.95 bits per heavy atom. The van der Waals surface area contributed by atoms with Gasteiger partial charge in [0.1, 0.15) is 6.61 Å². The minimum absolute atomic E-state index is 0.00445. The van der Waals surface area contributed by atoms with E-state index in [0.29, 0.717) is 11.0 Å². The Labute approximate surface area is 228 Å². The molecular weight excluding hydrogens is 587 g/mol. The van der Waals surface area contributed by atoms with Gasteiger partial charge in [0.2, 0.25) is 11.8 Å². The lowest BCUT2D eigenvalue weighted by molar-refractivity contribution is -0.146. The smallest absolute Gasteiger partial charge is 0.401 e. The number of fused-ring (bicyclic) bond motifs is 1. The average molecular weight is 612 g/mol. The van der Waals surface area contributed by atoms with Gasteiger partial charge in [0.25, 0.3) is 5.56 Å². The highest BCUT2D eigenvalue weighted by Gasteiger charge is 2.31. The highest BCUT2D eigenvalue weighted by Crippen LogP contribution is 2.28. The number of carbonyl (C=O) groups is 1. The summed E-state index contributed by atoms with van der Waals surface area (Å²) in [6, 6.07) is 6.57. The topological polar surface area (TPSA) is 133 Å². The summed E-state index contributed by atoms with van der Waals surface area (Å²) >= 11 is 3.38. The van der Waals surface area contributed by atoms with Gasteiger partial charge < -0.3 is 24.7 Å². The fourth-order valence-electron chi connectivity index (χ4n) is 4.19. The maximum absolute atomic E-state index is 13.4. The van der Waals surface area contributed by atoms with Crippen molar-refractivity contribution in [1.82, 2.24) is 28.8 Å². The van der Waals surface area contributed by atoms with Crippen molar-refractivity contribution in [2.24, 2.45) is 14.1 Å². The van der Waals surface area contributed by atoms with Crippen LogP contribution in [0, 0.1) is 0 Å². The number of nitrogens with two attached hydrogens (primary N) is 1. The van der Waals surface area contributed by atoms with Crippen LogP contribution in [0.15, 0.2) is 45.9 Å². The summed E-state index contributed by atoms with van der Waals surface area (Å²) in [5.41, 5.74) is 7.02. The van der Waals surface area contributed by atoms with E-state index in [1.807, 2.05) is 0 Å². The first-order valence-corrected chi connectivity index (χ1v) is 12.4. The molecule has 1 aromatic carbocycles. The molecule has 208 valence electrons. The number of aromatic nitrogens is 5. The monoisotopic (exact) mass is 611 g/mol. The molecule has 3 N–H and O–H groups in total. The predicted molar refractivity (Wildman–Crippen MR) is 141 cm³/mol. The molecule has 15 heteroatoms. The molecule has 0 bridgehead atoms. The van der Waals surface area contributed by atoms with Gasteiger partial charge in [-0.3, -0.25) is 9.69 Å². The molecule has 0 spiro atoms. The van der Waals surface area contributed by atoms with Crippen molar-refractivity contribution >= 4 is 38.9 Å². The number of hydrogen-bond donors (Lipinski definition) is 2. The molecule has 3 heterocycles. The quantitative estimate of drug-likeness (QED) is 0.279. The standard InChI is InChI=1S/C24H25BrF3N7O4/c1-32-12-14(22(37)38)9-16(20(32)36)17-11-30-33(2)21(17)39-8-7-34(13-24(26,27)28)5-6-35-19-10-15(25)3-4-18(19)31-23(35)29/h3-4,9-12H,5-8,13H2,1-2H3,(H2,29,31)(H,37,38). The third-order valence-electron chi connectivity index (χ3n) is 6.03.